The van der Waals surface area contributed by atoms with E-state index in [-0.39, 0.29) is 0 Å². The molecule has 1 aliphatic heterocycles. The highest BCUT2D eigenvalue weighted by atomic mass is 32.1. The molecule has 0 saturated heterocycles. The van der Waals surface area contributed by atoms with E-state index in [1.54, 1.807) is 0 Å². The monoisotopic (exact) mass is 259 g/mol. The van der Waals surface area contributed by atoms with Gasteiger partial charge in [0.2, 0.25) is 0 Å². The first-order valence-corrected chi connectivity index (χ1v) is 7.20. The van der Waals surface area contributed by atoms with Crippen LogP contribution in [0.1, 0.15) is 16.0 Å². The average molecular weight is 259 g/mol. The first-order valence-electron chi connectivity index (χ1n) is 6.32. The van der Waals surface area contributed by atoms with E-state index < -0.39 is 0 Å². The van der Waals surface area contributed by atoms with Crippen LogP contribution in [-0.2, 0) is 19.4 Å². The van der Waals surface area contributed by atoms with Crippen molar-refractivity contribution in [2.24, 2.45) is 5.73 Å². The molecule has 2 aromatic rings. The lowest BCUT2D eigenvalue weighted by atomic mass is 10.1. The van der Waals surface area contributed by atoms with E-state index in [2.05, 4.69) is 33.5 Å². The number of rotatable bonds is 3. The van der Waals surface area contributed by atoms with Gasteiger partial charge < -0.3 is 10.6 Å². The molecule has 0 saturated carbocycles. The van der Waals surface area contributed by atoms with Crippen molar-refractivity contribution in [2.75, 3.05) is 18.0 Å². The van der Waals surface area contributed by atoms with Crippen molar-refractivity contribution in [1.29, 1.82) is 0 Å². The number of hydrogen-bond acceptors (Lipinski definition) is 4. The smallest absolute Gasteiger partial charge is 0.128 e. The van der Waals surface area contributed by atoms with Gasteiger partial charge in [-0.2, -0.15) is 0 Å². The Hall–Kier alpha value is -1.39. The zero-order chi connectivity index (χ0) is 12.4. The molecule has 2 aromatic heterocycles. The SMILES string of the molecule is NCCc1ccc(N2CCc3sccc3C2)nc1. The minimum absolute atomic E-state index is 0.684. The molecule has 0 bridgehead atoms. The maximum atomic E-state index is 5.55. The summed E-state index contributed by atoms with van der Waals surface area (Å²) in [5.41, 5.74) is 8.22. The lowest BCUT2D eigenvalue weighted by Gasteiger charge is -2.28. The Morgan fingerprint density at radius 1 is 1.33 bits per heavy atom. The maximum Gasteiger partial charge on any atom is 0.128 e. The van der Waals surface area contributed by atoms with Gasteiger partial charge in [-0.15, -0.1) is 11.3 Å². The topological polar surface area (TPSA) is 42.1 Å². The molecular weight excluding hydrogens is 242 g/mol. The summed E-state index contributed by atoms with van der Waals surface area (Å²) >= 11 is 1.87. The molecule has 0 amide bonds. The second kappa shape index (κ2) is 5.08. The minimum atomic E-state index is 0.684. The fraction of sp³-hybridized carbons (Fsp3) is 0.357. The summed E-state index contributed by atoms with van der Waals surface area (Å²) < 4.78 is 0. The molecule has 0 radical (unpaired) electrons. The Morgan fingerprint density at radius 2 is 2.28 bits per heavy atom. The molecule has 3 rings (SSSR count). The number of nitrogens with zero attached hydrogens (tertiary/aromatic N) is 2. The fourth-order valence-corrected chi connectivity index (χ4v) is 3.25. The molecule has 3 nitrogen and oxygen atoms in total. The van der Waals surface area contributed by atoms with Crippen LogP contribution in [0.5, 0.6) is 0 Å². The third kappa shape index (κ3) is 2.26. The summed E-state index contributed by atoms with van der Waals surface area (Å²) in [6, 6.07) is 6.48. The molecule has 1 aliphatic rings. The molecule has 0 aliphatic carbocycles. The van der Waals surface area contributed by atoms with Crippen LogP contribution in [0, 0.1) is 0 Å². The third-order valence-electron chi connectivity index (χ3n) is 3.37. The van der Waals surface area contributed by atoms with Gasteiger partial charge in [0.05, 0.1) is 0 Å². The van der Waals surface area contributed by atoms with Crippen LogP contribution in [-0.4, -0.2) is 18.1 Å². The Kier molecular flexibility index (Phi) is 3.30. The van der Waals surface area contributed by atoms with Gasteiger partial charge in [0.15, 0.2) is 0 Å². The van der Waals surface area contributed by atoms with E-state index in [0.29, 0.717) is 6.54 Å². The molecule has 94 valence electrons. The molecule has 0 atom stereocenters. The second-order valence-electron chi connectivity index (χ2n) is 4.60. The lowest BCUT2D eigenvalue weighted by molar-refractivity contribution is 0.731. The average Bonchev–Trinajstić information content (AvgIpc) is 2.87. The quantitative estimate of drug-likeness (QED) is 0.919. The largest absolute Gasteiger partial charge is 0.352 e. The third-order valence-corrected chi connectivity index (χ3v) is 4.40. The summed E-state index contributed by atoms with van der Waals surface area (Å²) in [5, 5.41) is 2.19. The zero-order valence-corrected chi connectivity index (χ0v) is 11.1. The first kappa shape index (κ1) is 11.7. The van der Waals surface area contributed by atoms with Gasteiger partial charge in [0, 0.05) is 24.2 Å². The van der Waals surface area contributed by atoms with Crippen molar-refractivity contribution in [1.82, 2.24) is 4.98 Å². The number of anilines is 1. The molecule has 3 heterocycles. The van der Waals surface area contributed by atoms with Crippen molar-refractivity contribution in [3.05, 3.63) is 45.8 Å². The van der Waals surface area contributed by atoms with E-state index in [1.807, 2.05) is 17.5 Å². The fourth-order valence-electron chi connectivity index (χ4n) is 2.36. The van der Waals surface area contributed by atoms with Crippen molar-refractivity contribution < 1.29 is 0 Å². The molecule has 0 fully saturated rings. The molecular formula is C14H17N3S. The summed E-state index contributed by atoms with van der Waals surface area (Å²) in [7, 11) is 0. The van der Waals surface area contributed by atoms with Crippen molar-refractivity contribution in [2.45, 2.75) is 19.4 Å². The standard InChI is InChI=1S/C14H17N3S/c15-6-3-11-1-2-14(16-9-11)17-7-4-13-12(10-17)5-8-18-13/h1-2,5,8-9H,3-4,6-7,10,15H2. The van der Waals surface area contributed by atoms with E-state index in [4.69, 9.17) is 5.73 Å². The van der Waals surface area contributed by atoms with Gasteiger partial charge in [-0.3, -0.25) is 0 Å². The van der Waals surface area contributed by atoms with Gasteiger partial charge in [-0.1, -0.05) is 6.07 Å². The van der Waals surface area contributed by atoms with Gasteiger partial charge in [-0.25, -0.2) is 4.98 Å². The van der Waals surface area contributed by atoms with E-state index in [0.717, 1.165) is 31.7 Å². The second-order valence-corrected chi connectivity index (χ2v) is 5.60. The van der Waals surface area contributed by atoms with E-state index in [9.17, 15) is 0 Å². The molecule has 4 heteroatoms. The van der Waals surface area contributed by atoms with Crippen molar-refractivity contribution in [3.8, 4) is 0 Å². The highest BCUT2D eigenvalue weighted by molar-refractivity contribution is 7.10. The molecule has 18 heavy (non-hydrogen) atoms. The highest BCUT2D eigenvalue weighted by Gasteiger charge is 2.17. The predicted molar refractivity (Wildman–Crippen MR) is 76.1 cm³/mol. The summed E-state index contributed by atoms with van der Waals surface area (Å²) in [5.74, 6) is 1.08. The van der Waals surface area contributed by atoms with Crippen LogP contribution in [0.2, 0.25) is 0 Å². The number of pyridine rings is 1. The summed E-state index contributed by atoms with van der Waals surface area (Å²) in [4.78, 5) is 8.43. The van der Waals surface area contributed by atoms with Crippen molar-refractivity contribution >= 4 is 17.2 Å². The lowest BCUT2D eigenvalue weighted by Crippen LogP contribution is -2.30. The van der Waals surface area contributed by atoms with Crippen LogP contribution in [0.4, 0.5) is 5.82 Å². The van der Waals surface area contributed by atoms with E-state index in [1.165, 1.54) is 16.0 Å². The van der Waals surface area contributed by atoms with Gasteiger partial charge in [0.25, 0.3) is 0 Å². The van der Waals surface area contributed by atoms with Crippen LogP contribution < -0.4 is 10.6 Å². The normalized spacial score (nSPS) is 14.6. The van der Waals surface area contributed by atoms with Gasteiger partial charge >= 0.3 is 0 Å². The summed E-state index contributed by atoms with van der Waals surface area (Å²) in [6.07, 6.45) is 3.99. The van der Waals surface area contributed by atoms with Gasteiger partial charge in [-0.05, 0) is 48.0 Å². The number of fused-ring (bicyclic) bond motifs is 1. The number of aromatic nitrogens is 1. The van der Waals surface area contributed by atoms with Gasteiger partial charge in [0.1, 0.15) is 5.82 Å². The van der Waals surface area contributed by atoms with Crippen LogP contribution >= 0.6 is 11.3 Å². The Bertz CT molecular complexity index is 518. The minimum Gasteiger partial charge on any atom is -0.352 e. The number of hydrogen-bond donors (Lipinski definition) is 1. The predicted octanol–water partition coefficient (Wildman–Crippen LogP) is 2.21. The maximum absolute atomic E-state index is 5.55. The Balaban J connectivity index is 1.76. The number of thiophene rings is 1. The van der Waals surface area contributed by atoms with Crippen LogP contribution in [0.3, 0.4) is 0 Å². The highest BCUT2D eigenvalue weighted by Crippen LogP contribution is 2.26. The first-order chi connectivity index (χ1) is 8.86. The molecule has 0 unspecified atom stereocenters. The summed E-state index contributed by atoms with van der Waals surface area (Å²) in [6.45, 7) is 2.74. The molecule has 0 aromatic carbocycles. The van der Waals surface area contributed by atoms with E-state index >= 15 is 0 Å². The van der Waals surface area contributed by atoms with Crippen molar-refractivity contribution in [3.63, 3.8) is 0 Å². The number of nitrogens with two attached hydrogens (primary N) is 1. The molecule has 2 N–H and O–H groups in total. The van der Waals surface area contributed by atoms with Crippen LogP contribution in [0.25, 0.3) is 0 Å². The van der Waals surface area contributed by atoms with Crippen LogP contribution in [0.15, 0.2) is 29.8 Å². The zero-order valence-electron chi connectivity index (χ0n) is 10.3. The Labute approximate surface area is 111 Å². The molecule has 0 spiro atoms. The Morgan fingerprint density at radius 3 is 3.06 bits per heavy atom.